The molecule has 0 saturated carbocycles. The van der Waals surface area contributed by atoms with Crippen molar-refractivity contribution >= 4 is 21.8 Å². The van der Waals surface area contributed by atoms with E-state index in [4.69, 9.17) is 4.42 Å². The molecule has 3 rings (SSSR count). The maximum absolute atomic E-state index is 12.3. The van der Waals surface area contributed by atoms with Crippen molar-refractivity contribution in [3.63, 3.8) is 0 Å². The normalized spacial score (nSPS) is 11.2. The predicted octanol–water partition coefficient (Wildman–Crippen LogP) is 2.25. The first-order valence-corrected chi connectivity index (χ1v) is 5.63. The number of benzene rings is 1. The summed E-state index contributed by atoms with van der Waals surface area (Å²) < 4.78 is 4.97. The molecular weight excluding hydrogens is 230 g/mol. The van der Waals surface area contributed by atoms with Crippen LogP contribution in [0.4, 0.5) is 0 Å². The highest BCUT2D eigenvalue weighted by Crippen LogP contribution is 2.14. The van der Waals surface area contributed by atoms with Crippen molar-refractivity contribution in [1.82, 2.24) is 4.98 Å². The summed E-state index contributed by atoms with van der Waals surface area (Å²) in [5.41, 5.74) is 1.35. The molecule has 3 aromatic rings. The number of hydrogen-bond acceptors (Lipinski definition) is 3. The van der Waals surface area contributed by atoms with Gasteiger partial charge in [0.15, 0.2) is 0 Å². The fourth-order valence-electron chi connectivity index (χ4n) is 2.16. The summed E-state index contributed by atoms with van der Waals surface area (Å²) in [6.45, 7) is 3.58. The second kappa shape index (κ2) is 3.57. The summed E-state index contributed by atoms with van der Waals surface area (Å²) in [6, 6.07) is 7.20. The zero-order valence-electron chi connectivity index (χ0n) is 10.0. The van der Waals surface area contributed by atoms with Gasteiger partial charge in [0.05, 0.1) is 5.52 Å². The molecule has 0 atom stereocenters. The van der Waals surface area contributed by atoms with Crippen molar-refractivity contribution < 1.29 is 4.42 Å². The average Bonchev–Trinajstić information content (AvgIpc) is 2.29. The van der Waals surface area contributed by atoms with Crippen LogP contribution in [0.1, 0.15) is 11.3 Å². The quantitative estimate of drug-likeness (QED) is 0.614. The van der Waals surface area contributed by atoms with Gasteiger partial charge in [0.2, 0.25) is 5.43 Å². The number of pyridine rings is 1. The Labute approximate surface area is 102 Å². The van der Waals surface area contributed by atoms with Crippen molar-refractivity contribution in [3.8, 4) is 0 Å². The van der Waals surface area contributed by atoms with Gasteiger partial charge >= 0.3 is 5.63 Å². The van der Waals surface area contributed by atoms with Crippen LogP contribution in [-0.2, 0) is 0 Å². The summed E-state index contributed by atoms with van der Waals surface area (Å²) >= 11 is 0. The highest BCUT2D eigenvalue weighted by Gasteiger charge is 2.10. The van der Waals surface area contributed by atoms with E-state index in [1.54, 1.807) is 19.1 Å². The molecule has 0 unspecified atom stereocenters. The van der Waals surface area contributed by atoms with E-state index in [0.717, 1.165) is 11.1 Å². The Morgan fingerprint density at radius 1 is 1.06 bits per heavy atom. The van der Waals surface area contributed by atoms with Crippen molar-refractivity contribution in [2.45, 2.75) is 13.8 Å². The van der Waals surface area contributed by atoms with Crippen LogP contribution in [0.15, 0.2) is 38.3 Å². The summed E-state index contributed by atoms with van der Waals surface area (Å²) in [4.78, 5) is 27.2. The number of rotatable bonds is 0. The molecule has 2 heterocycles. The standard InChI is InChI=1S/C14H11NO3/c1-7-3-4-10-9(5-7)13(16)12-11(15-10)6-8(2)18-14(12)17/h3-6H,1-2H3,(H,15,16). The minimum absolute atomic E-state index is 0.0821. The van der Waals surface area contributed by atoms with Gasteiger partial charge in [-0.3, -0.25) is 4.79 Å². The maximum Gasteiger partial charge on any atom is 0.349 e. The van der Waals surface area contributed by atoms with Gasteiger partial charge < -0.3 is 9.40 Å². The molecule has 0 amide bonds. The van der Waals surface area contributed by atoms with Crippen LogP contribution in [0.25, 0.3) is 21.8 Å². The Morgan fingerprint density at radius 3 is 2.61 bits per heavy atom. The first-order chi connectivity index (χ1) is 8.56. The highest BCUT2D eigenvalue weighted by atomic mass is 16.4. The molecule has 2 aromatic heterocycles. The second-order valence-corrected chi connectivity index (χ2v) is 4.44. The first kappa shape index (κ1) is 10.8. The molecule has 0 aliphatic heterocycles. The summed E-state index contributed by atoms with van der Waals surface area (Å²) in [5, 5.41) is 0.595. The number of aryl methyl sites for hydroxylation is 2. The number of hydrogen-bond donors (Lipinski definition) is 1. The molecule has 4 nitrogen and oxygen atoms in total. The Morgan fingerprint density at radius 2 is 1.83 bits per heavy atom. The summed E-state index contributed by atoms with van der Waals surface area (Å²) in [6.07, 6.45) is 0. The minimum atomic E-state index is -0.588. The SMILES string of the molecule is Cc1ccc2[nH]c3cc(C)oc(=O)c3c(=O)c2c1. The van der Waals surface area contributed by atoms with Gasteiger partial charge in [-0.1, -0.05) is 11.6 Å². The molecule has 0 bridgehead atoms. The second-order valence-electron chi connectivity index (χ2n) is 4.44. The third-order valence-corrected chi connectivity index (χ3v) is 2.99. The first-order valence-electron chi connectivity index (χ1n) is 5.63. The van der Waals surface area contributed by atoms with E-state index >= 15 is 0 Å². The van der Waals surface area contributed by atoms with Gasteiger partial charge in [-0.05, 0) is 26.0 Å². The topological polar surface area (TPSA) is 63.1 Å². The molecule has 0 fully saturated rings. The van der Waals surface area contributed by atoms with Gasteiger partial charge in [-0.25, -0.2) is 4.79 Å². The van der Waals surface area contributed by atoms with E-state index in [-0.39, 0.29) is 10.8 Å². The Bertz CT molecular complexity index is 887. The lowest BCUT2D eigenvalue weighted by Gasteiger charge is -2.03. The molecule has 0 radical (unpaired) electrons. The largest absolute Gasteiger partial charge is 0.428 e. The molecule has 18 heavy (non-hydrogen) atoms. The third kappa shape index (κ3) is 1.46. The molecular formula is C14H11NO3. The van der Waals surface area contributed by atoms with E-state index < -0.39 is 5.63 Å². The number of aromatic nitrogens is 1. The van der Waals surface area contributed by atoms with E-state index in [1.807, 2.05) is 19.1 Å². The van der Waals surface area contributed by atoms with Crippen molar-refractivity contribution in [2.75, 3.05) is 0 Å². The van der Waals surface area contributed by atoms with Crippen molar-refractivity contribution in [3.05, 3.63) is 56.2 Å². The van der Waals surface area contributed by atoms with Crippen molar-refractivity contribution in [1.29, 1.82) is 0 Å². The number of aromatic amines is 1. The van der Waals surface area contributed by atoms with Crippen LogP contribution in [0.5, 0.6) is 0 Å². The molecule has 0 aliphatic carbocycles. The molecule has 4 heteroatoms. The van der Waals surface area contributed by atoms with Crippen LogP contribution >= 0.6 is 0 Å². The third-order valence-electron chi connectivity index (χ3n) is 2.99. The Balaban J connectivity index is 2.66. The lowest BCUT2D eigenvalue weighted by Crippen LogP contribution is -2.14. The van der Waals surface area contributed by atoms with E-state index in [1.165, 1.54) is 0 Å². The highest BCUT2D eigenvalue weighted by molar-refractivity contribution is 5.92. The van der Waals surface area contributed by atoms with Gasteiger partial charge in [-0.15, -0.1) is 0 Å². The molecule has 1 N–H and O–H groups in total. The number of nitrogens with one attached hydrogen (secondary N) is 1. The molecule has 0 spiro atoms. The van der Waals surface area contributed by atoms with E-state index in [0.29, 0.717) is 16.7 Å². The summed E-state index contributed by atoms with van der Waals surface area (Å²) in [5.74, 6) is 0.481. The zero-order valence-corrected chi connectivity index (χ0v) is 10.0. The smallest absolute Gasteiger partial charge is 0.349 e. The molecule has 0 saturated heterocycles. The van der Waals surface area contributed by atoms with E-state index in [2.05, 4.69) is 4.98 Å². The molecule has 0 aliphatic rings. The fraction of sp³-hybridized carbons (Fsp3) is 0.143. The van der Waals surface area contributed by atoms with Gasteiger partial charge in [0, 0.05) is 17.0 Å². The van der Waals surface area contributed by atoms with Gasteiger partial charge in [-0.2, -0.15) is 0 Å². The van der Waals surface area contributed by atoms with Crippen LogP contribution in [0.3, 0.4) is 0 Å². The fourth-order valence-corrected chi connectivity index (χ4v) is 2.16. The van der Waals surface area contributed by atoms with Crippen LogP contribution in [0, 0.1) is 13.8 Å². The lowest BCUT2D eigenvalue weighted by molar-refractivity contribution is 0.488. The lowest BCUT2D eigenvalue weighted by atomic mass is 10.1. The van der Waals surface area contributed by atoms with E-state index in [9.17, 15) is 9.59 Å². The van der Waals surface area contributed by atoms with Gasteiger partial charge in [0.25, 0.3) is 0 Å². The summed E-state index contributed by atoms with van der Waals surface area (Å²) in [7, 11) is 0. The van der Waals surface area contributed by atoms with Gasteiger partial charge in [0.1, 0.15) is 11.1 Å². The van der Waals surface area contributed by atoms with Crippen LogP contribution in [-0.4, -0.2) is 4.98 Å². The predicted molar refractivity (Wildman–Crippen MR) is 70.1 cm³/mol. The monoisotopic (exact) mass is 241 g/mol. The minimum Gasteiger partial charge on any atom is -0.428 e. The van der Waals surface area contributed by atoms with Crippen LogP contribution in [0.2, 0.25) is 0 Å². The number of H-pyrrole nitrogens is 1. The number of fused-ring (bicyclic) bond motifs is 2. The average molecular weight is 241 g/mol. The molecule has 1 aromatic carbocycles. The molecule has 90 valence electrons. The Hall–Kier alpha value is -2.36. The maximum atomic E-state index is 12.3. The Kier molecular flexibility index (Phi) is 2.13. The van der Waals surface area contributed by atoms with Crippen molar-refractivity contribution in [2.24, 2.45) is 0 Å². The zero-order chi connectivity index (χ0) is 12.9. The van der Waals surface area contributed by atoms with Crippen LogP contribution < -0.4 is 11.1 Å².